The van der Waals surface area contributed by atoms with E-state index < -0.39 is 10.0 Å². The molecule has 9 heteroatoms. The predicted molar refractivity (Wildman–Crippen MR) is 114 cm³/mol. The zero-order valence-corrected chi connectivity index (χ0v) is 18.0. The zero-order valence-electron chi connectivity index (χ0n) is 17.2. The van der Waals surface area contributed by atoms with Crippen LogP contribution in [0.4, 0.5) is 0 Å². The zero-order chi connectivity index (χ0) is 21.8. The largest absolute Gasteiger partial charge is 0.451 e. The van der Waals surface area contributed by atoms with Crippen molar-refractivity contribution in [2.24, 2.45) is 0 Å². The topological polar surface area (TPSA) is 98.1 Å². The molecule has 0 unspecified atom stereocenters. The number of nitrogens with one attached hydrogen (secondary N) is 1. The van der Waals surface area contributed by atoms with Crippen LogP contribution in [0.25, 0.3) is 11.0 Å². The molecule has 1 amide bonds. The number of carbonyl (C=O) groups excluding carboxylic acids is 1. The number of morpholine rings is 1. The summed E-state index contributed by atoms with van der Waals surface area (Å²) in [5.74, 6) is -0.136. The molecule has 4 rings (SSSR count). The van der Waals surface area contributed by atoms with Crippen LogP contribution in [0.5, 0.6) is 0 Å². The van der Waals surface area contributed by atoms with E-state index >= 15 is 0 Å². The molecule has 8 nitrogen and oxygen atoms in total. The molecular formula is C22H24N2O6S. The van der Waals surface area contributed by atoms with E-state index in [1.54, 1.807) is 37.4 Å². The molecule has 1 aliphatic rings. The van der Waals surface area contributed by atoms with Gasteiger partial charge in [-0.3, -0.25) is 4.79 Å². The molecule has 0 aliphatic carbocycles. The van der Waals surface area contributed by atoms with Gasteiger partial charge in [-0.25, -0.2) is 8.42 Å². The first-order chi connectivity index (χ1) is 15.0. The number of furan rings is 1. The molecule has 164 valence electrons. The minimum atomic E-state index is -3.54. The third-order valence-corrected chi connectivity index (χ3v) is 7.09. The van der Waals surface area contributed by atoms with Crippen LogP contribution < -0.4 is 5.32 Å². The molecule has 1 aliphatic heterocycles. The van der Waals surface area contributed by atoms with Crippen molar-refractivity contribution in [3.05, 3.63) is 65.4 Å². The highest BCUT2D eigenvalue weighted by Gasteiger charge is 2.26. The smallest absolute Gasteiger partial charge is 0.287 e. The minimum Gasteiger partial charge on any atom is -0.451 e. The molecule has 2 aromatic carbocycles. The van der Waals surface area contributed by atoms with E-state index in [0.717, 1.165) is 10.9 Å². The van der Waals surface area contributed by atoms with Gasteiger partial charge < -0.3 is 19.2 Å². The van der Waals surface area contributed by atoms with E-state index in [-0.39, 0.29) is 29.7 Å². The standard InChI is InChI=1S/C22H24N2O6S/c1-28-15-19-18-4-2-3-5-20(18)30-21(19)22(25)23-14-16-6-8-17(9-7-16)31(26,27)24-10-12-29-13-11-24/h2-9H,10-15H2,1H3,(H,23,25). The van der Waals surface area contributed by atoms with Crippen molar-refractivity contribution in [2.75, 3.05) is 33.4 Å². The predicted octanol–water partition coefficient (Wildman–Crippen LogP) is 2.53. The lowest BCUT2D eigenvalue weighted by Crippen LogP contribution is -2.40. The van der Waals surface area contributed by atoms with Gasteiger partial charge in [0.05, 0.1) is 24.7 Å². The van der Waals surface area contributed by atoms with Crippen molar-refractivity contribution in [3.8, 4) is 0 Å². The fourth-order valence-electron chi connectivity index (χ4n) is 3.55. The monoisotopic (exact) mass is 444 g/mol. The Morgan fingerprint density at radius 3 is 2.52 bits per heavy atom. The minimum absolute atomic E-state index is 0.217. The van der Waals surface area contributed by atoms with Gasteiger partial charge in [0.2, 0.25) is 10.0 Å². The maximum Gasteiger partial charge on any atom is 0.287 e. The Morgan fingerprint density at radius 1 is 1.10 bits per heavy atom. The number of ether oxygens (including phenoxy) is 2. The molecule has 31 heavy (non-hydrogen) atoms. The second-order valence-electron chi connectivity index (χ2n) is 7.18. The third-order valence-electron chi connectivity index (χ3n) is 5.18. The lowest BCUT2D eigenvalue weighted by Gasteiger charge is -2.26. The van der Waals surface area contributed by atoms with Crippen molar-refractivity contribution in [1.29, 1.82) is 0 Å². The summed E-state index contributed by atoms with van der Waals surface area (Å²) in [6.45, 7) is 1.99. The quantitative estimate of drug-likeness (QED) is 0.601. The summed E-state index contributed by atoms with van der Waals surface area (Å²) < 4.78 is 43.0. The van der Waals surface area contributed by atoms with E-state index in [4.69, 9.17) is 13.9 Å². The lowest BCUT2D eigenvalue weighted by atomic mass is 10.1. The summed E-state index contributed by atoms with van der Waals surface area (Å²) in [6.07, 6.45) is 0. The Bertz CT molecular complexity index is 1160. The Labute approximate surface area is 180 Å². The highest BCUT2D eigenvalue weighted by atomic mass is 32.2. The first-order valence-corrected chi connectivity index (χ1v) is 11.4. The molecule has 0 radical (unpaired) electrons. The molecule has 0 spiro atoms. The Hall–Kier alpha value is -2.72. The molecular weight excluding hydrogens is 420 g/mol. The first-order valence-electron chi connectivity index (χ1n) is 9.95. The summed E-state index contributed by atoms with van der Waals surface area (Å²) in [5.41, 5.74) is 2.10. The van der Waals surface area contributed by atoms with E-state index in [0.29, 0.717) is 37.4 Å². The fraction of sp³-hybridized carbons (Fsp3) is 0.318. The molecule has 2 heterocycles. The molecule has 1 fully saturated rings. The lowest BCUT2D eigenvalue weighted by molar-refractivity contribution is 0.0730. The van der Waals surface area contributed by atoms with Crippen molar-refractivity contribution in [2.45, 2.75) is 18.0 Å². The number of nitrogens with zero attached hydrogens (tertiary/aromatic N) is 1. The summed E-state index contributed by atoms with van der Waals surface area (Å²) in [7, 11) is -1.98. The Morgan fingerprint density at radius 2 is 1.81 bits per heavy atom. The van der Waals surface area contributed by atoms with E-state index in [2.05, 4.69) is 5.32 Å². The number of hydrogen-bond acceptors (Lipinski definition) is 6. The summed E-state index contributed by atoms with van der Waals surface area (Å²) in [4.78, 5) is 13.0. The van der Waals surface area contributed by atoms with Crippen molar-refractivity contribution >= 4 is 26.9 Å². The molecule has 0 atom stereocenters. The molecule has 0 saturated carbocycles. The molecule has 3 aromatic rings. The summed E-state index contributed by atoms with van der Waals surface area (Å²) >= 11 is 0. The number of methoxy groups -OCH3 is 1. The van der Waals surface area contributed by atoms with Crippen LogP contribution in [0.15, 0.2) is 57.8 Å². The van der Waals surface area contributed by atoms with Gasteiger partial charge >= 0.3 is 0 Å². The van der Waals surface area contributed by atoms with Crippen LogP contribution in [0.3, 0.4) is 0 Å². The van der Waals surface area contributed by atoms with Gasteiger partial charge in [0.25, 0.3) is 5.91 Å². The molecule has 0 bridgehead atoms. The summed E-state index contributed by atoms with van der Waals surface area (Å²) in [6, 6.07) is 13.9. The van der Waals surface area contributed by atoms with Crippen LogP contribution >= 0.6 is 0 Å². The van der Waals surface area contributed by atoms with Gasteiger partial charge in [-0.2, -0.15) is 4.31 Å². The van der Waals surface area contributed by atoms with Gasteiger partial charge in [0, 0.05) is 37.7 Å². The number of para-hydroxylation sites is 1. The van der Waals surface area contributed by atoms with Gasteiger partial charge in [-0.05, 0) is 23.8 Å². The average molecular weight is 445 g/mol. The number of carbonyl (C=O) groups is 1. The highest BCUT2D eigenvalue weighted by Crippen LogP contribution is 2.26. The first kappa shape index (κ1) is 21.5. The van der Waals surface area contributed by atoms with E-state index in [1.165, 1.54) is 4.31 Å². The second-order valence-corrected chi connectivity index (χ2v) is 9.12. The summed E-state index contributed by atoms with van der Waals surface area (Å²) in [5, 5.41) is 3.67. The second kappa shape index (κ2) is 9.19. The molecule has 1 N–H and O–H groups in total. The fourth-order valence-corrected chi connectivity index (χ4v) is 4.96. The third kappa shape index (κ3) is 4.49. The highest BCUT2D eigenvalue weighted by molar-refractivity contribution is 7.89. The number of amides is 1. The number of hydrogen-bond donors (Lipinski definition) is 1. The maximum absolute atomic E-state index is 12.7. The van der Waals surface area contributed by atoms with E-state index in [1.807, 2.05) is 18.2 Å². The number of sulfonamides is 1. The molecule has 1 aromatic heterocycles. The SMILES string of the molecule is COCc1c(C(=O)NCc2ccc(S(=O)(=O)N3CCOCC3)cc2)oc2ccccc12. The van der Waals surface area contributed by atoms with Crippen LogP contribution in [-0.2, 0) is 32.6 Å². The van der Waals surface area contributed by atoms with Crippen LogP contribution in [0.1, 0.15) is 21.7 Å². The molecule has 1 saturated heterocycles. The van der Waals surface area contributed by atoms with Gasteiger partial charge in [0.15, 0.2) is 5.76 Å². The number of rotatable bonds is 7. The van der Waals surface area contributed by atoms with Crippen molar-refractivity contribution < 1.29 is 27.1 Å². The van der Waals surface area contributed by atoms with Gasteiger partial charge in [-0.1, -0.05) is 30.3 Å². The average Bonchev–Trinajstić information content (AvgIpc) is 3.17. The van der Waals surface area contributed by atoms with Crippen LogP contribution in [0, 0.1) is 0 Å². The van der Waals surface area contributed by atoms with Gasteiger partial charge in [-0.15, -0.1) is 0 Å². The number of fused-ring (bicyclic) bond motifs is 1. The van der Waals surface area contributed by atoms with Crippen LogP contribution in [0.2, 0.25) is 0 Å². The van der Waals surface area contributed by atoms with E-state index in [9.17, 15) is 13.2 Å². The maximum atomic E-state index is 12.7. The van der Waals surface area contributed by atoms with Crippen molar-refractivity contribution in [1.82, 2.24) is 9.62 Å². The Kier molecular flexibility index (Phi) is 6.38. The Balaban J connectivity index is 1.45. The normalized spacial score (nSPS) is 15.3. The van der Waals surface area contributed by atoms with Crippen LogP contribution in [-0.4, -0.2) is 52.0 Å². The number of benzene rings is 2. The van der Waals surface area contributed by atoms with Crippen molar-refractivity contribution in [3.63, 3.8) is 0 Å². The van der Waals surface area contributed by atoms with Gasteiger partial charge in [0.1, 0.15) is 5.58 Å².